The van der Waals surface area contributed by atoms with Crippen LogP contribution >= 0.6 is 11.6 Å². The van der Waals surface area contributed by atoms with Gasteiger partial charge in [0.2, 0.25) is 5.91 Å². The average Bonchev–Trinajstić information content (AvgIpc) is 2.69. The fourth-order valence-electron chi connectivity index (χ4n) is 4.48. The summed E-state index contributed by atoms with van der Waals surface area (Å²) in [5.74, 6) is 0.554. The number of benzene rings is 2. The highest BCUT2D eigenvalue weighted by atomic mass is 35.5. The highest BCUT2D eigenvalue weighted by molar-refractivity contribution is 6.30. The van der Waals surface area contributed by atoms with E-state index in [1.54, 1.807) is 0 Å². The summed E-state index contributed by atoms with van der Waals surface area (Å²) in [6.45, 7) is 5.85. The number of anilines is 1. The van der Waals surface area contributed by atoms with E-state index in [0.29, 0.717) is 5.02 Å². The van der Waals surface area contributed by atoms with Crippen LogP contribution in [0.1, 0.15) is 37.7 Å². The van der Waals surface area contributed by atoms with Crippen LogP contribution in [0.25, 0.3) is 0 Å². The Hall–Kier alpha value is -2.26. The van der Waals surface area contributed by atoms with E-state index < -0.39 is 0 Å². The minimum absolute atomic E-state index is 0.276. The smallest absolute Gasteiger partial charge is 0.233 e. The van der Waals surface area contributed by atoms with Crippen LogP contribution < -0.4 is 5.32 Å². The van der Waals surface area contributed by atoms with Crippen LogP contribution in [0.15, 0.2) is 66.9 Å². The third kappa shape index (κ3) is 3.68. The number of halogens is 1. The summed E-state index contributed by atoms with van der Waals surface area (Å²) in [5.41, 5.74) is 2.79. The van der Waals surface area contributed by atoms with Crippen molar-refractivity contribution >= 4 is 23.2 Å². The molecule has 1 N–H and O–H groups in total. The number of likely N-dealkylation sites (tertiary alicyclic amines) is 1. The number of para-hydroxylation sites is 1. The lowest BCUT2D eigenvalue weighted by atomic mass is 9.63. The standard InChI is InChI=1S/C24H27ClN2O/c1-18(26-22-8-3-2-4-9-22)19-7-5-16-27(17-19)23(28)24(14-6-15-24)20-10-12-21(25)13-11-20/h2-4,8-13,19,26H,1,5-7,14-17H2/t19-/m1/s1. The molecular formula is C24H27ClN2O. The highest BCUT2D eigenvalue weighted by Crippen LogP contribution is 2.46. The van der Waals surface area contributed by atoms with Gasteiger partial charge in [-0.3, -0.25) is 4.79 Å². The van der Waals surface area contributed by atoms with Gasteiger partial charge in [0, 0.05) is 35.4 Å². The molecule has 1 aliphatic carbocycles. The van der Waals surface area contributed by atoms with Crippen molar-refractivity contribution in [3.05, 3.63) is 77.5 Å². The van der Waals surface area contributed by atoms with E-state index in [1.165, 1.54) is 0 Å². The zero-order valence-corrected chi connectivity index (χ0v) is 16.9. The monoisotopic (exact) mass is 394 g/mol. The first-order chi connectivity index (χ1) is 13.6. The Labute approximate surface area is 172 Å². The Kier molecular flexibility index (Phi) is 5.45. The Balaban J connectivity index is 1.47. The van der Waals surface area contributed by atoms with Crippen molar-refractivity contribution in [3.63, 3.8) is 0 Å². The third-order valence-electron chi connectivity index (χ3n) is 6.29. The maximum absolute atomic E-state index is 13.6. The molecule has 146 valence electrons. The molecule has 3 nitrogen and oxygen atoms in total. The fourth-order valence-corrected chi connectivity index (χ4v) is 4.61. The highest BCUT2D eigenvalue weighted by Gasteiger charge is 2.48. The molecule has 1 saturated carbocycles. The van der Waals surface area contributed by atoms with Crippen molar-refractivity contribution in [1.29, 1.82) is 0 Å². The third-order valence-corrected chi connectivity index (χ3v) is 6.55. The van der Waals surface area contributed by atoms with Gasteiger partial charge in [-0.05, 0) is 55.5 Å². The maximum Gasteiger partial charge on any atom is 0.233 e. The van der Waals surface area contributed by atoms with Gasteiger partial charge in [-0.2, -0.15) is 0 Å². The summed E-state index contributed by atoms with van der Waals surface area (Å²) in [6, 6.07) is 18.0. The fraction of sp³-hybridized carbons (Fsp3) is 0.375. The Morgan fingerprint density at radius 3 is 2.43 bits per heavy atom. The predicted octanol–water partition coefficient (Wildman–Crippen LogP) is 5.63. The van der Waals surface area contributed by atoms with E-state index in [1.807, 2.05) is 54.6 Å². The van der Waals surface area contributed by atoms with Gasteiger partial charge in [0.25, 0.3) is 0 Å². The van der Waals surface area contributed by atoms with Crippen LogP contribution in [0.5, 0.6) is 0 Å². The lowest BCUT2D eigenvalue weighted by molar-refractivity contribution is -0.142. The first-order valence-corrected chi connectivity index (χ1v) is 10.5. The van der Waals surface area contributed by atoms with Gasteiger partial charge < -0.3 is 10.2 Å². The van der Waals surface area contributed by atoms with Crippen molar-refractivity contribution < 1.29 is 4.79 Å². The van der Waals surface area contributed by atoms with Crippen LogP contribution in [-0.2, 0) is 10.2 Å². The molecule has 1 atom stereocenters. The Morgan fingerprint density at radius 1 is 1.07 bits per heavy atom. The summed E-state index contributed by atoms with van der Waals surface area (Å²) < 4.78 is 0. The van der Waals surface area contributed by atoms with Crippen molar-refractivity contribution in [2.24, 2.45) is 5.92 Å². The van der Waals surface area contributed by atoms with Crippen molar-refractivity contribution in [3.8, 4) is 0 Å². The second-order valence-corrected chi connectivity index (χ2v) is 8.49. The minimum atomic E-state index is -0.360. The summed E-state index contributed by atoms with van der Waals surface area (Å²) in [6.07, 6.45) is 5.04. The second-order valence-electron chi connectivity index (χ2n) is 8.05. The van der Waals surface area contributed by atoms with Gasteiger partial charge in [0.05, 0.1) is 5.41 Å². The quantitative estimate of drug-likeness (QED) is 0.713. The van der Waals surface area contributed by atoms with Crippen LogP contribution in [0.4, 0.5) is 5.69 Å². The summed E-state index contributed by atoms with van der Waals surface area (Å²) >= 11 is 6.06. The first-order valence-electron chi connectivity index (χ1n) is 10.1. The molecule has 2 aromatic rings. The van der Waals surface area contributed by atoms with Crippen LogP contribution in [-0.4, -0.2) is 23.9 Å². The number of amides is 1. The Morgan fingerprint density at radius 2 is 1.79 bits per heavy atom. The molecule has 1 aliphatic heterocycles. The molecule has 0 unspecified atom stereocenters. The molecule has 0 spiro atoms. The molecular weight excluding hydrogens is 368 g/mol. The molecule has 0 aromatic heterocycles. The number of rotatable bonds is 5. The van der Waals surface area contributed by atoms with Crippen molar-refractivity contribution in [2.45, 2.75) is 37.5 Å². The van der Waals surface area contributed by atoms with Gasteiger partial charge in [-0.15, -0.1) is 0 Å². The molecule has 1 saturated heterocycles. The van der Waals surface area contributed by atoms with E-state index in [-0.39, 0.29) is 17.2 Å². The lowest BCUT2D eigenvalue weighted by Crippen LogP contribution is -2.53. The predicted molar refractivity (Wildman–Crippen MR) is 115 cm³/mol. The lowest BCUT2D eigenvalue weighted by Gasteiger charge is -2.46. The largest absolute Gasteiger partial charge is 0.359 e. The topological polar surface area (TPSA) is 32.3 Å². The number of hydrogen-bond acceptors (Lipinski definition) is 2. The molecule has 28 heavy (non-hydrogen) atoms. The number of nitrogens with one attached hydrogen (secondary N) is 1. The zero-order chi connectivity index (χ0) is 19.6. The van der Waals surface area contributed by atoms with Crippen LogP contribution in [0, 0.1) is 5.92 Å². The molecule has 0 bridgehead atoms. The molecule has 1 heterocycles. The van der Waals surface area contributed by atoms with Gasteiger partial charge in [0.15, 0.2) is 0 Å². The zero-order valence-electron chi connectivity index (χ0n) is 16.2. The summed E-state index contributed by atoms with van der Waals surface area (Å²) in [5, 5.41) is 4.14. The molecule has 0 radical (unpaired) electrons. The van der Waals surface area contributed by atoms with Crippen LogP contribution in [0.3, 0.4) is 0 Å². The van der Waals surface area contributed by atoms with Gasteiger partial charge in [0.1, 0.15) is 0 Å². The summed E-state index contributed by atoms with van der Waals surface area (Å²) in [7, 11) is 0. The summed E-state index contributed by atoms with van der Waals surface area (Å²) in [4.78, 5) is 15.6. The van der Waals surface area contributed by atoms with Crippen molar-refractivity contribution in [1.82, 2.24) is 4.90 Å². The average molecular weight is 395 g/mol. The van der Waals surface area contributed by atoms with Gasteiger partial charge in [-0.1, -0.05) is 54.9 Å². The number of carbonyl (C=O) groups is 1. The molecule has 2 fully saturated rings. The van der Waals surface area contributed by atoms with E-state index in [9.17, 15) is 4.79 Å². The van der Waals surface area contributed by atoms with Crippen LogP contribution in [0.2, 0.25) is 5.02 Å². The normalized spacial score (nSPS) is 20.9. The second kappa shape index (κ2) is 8.00. The molecule has 1 amide bonds. The first kappa shape index (κ1) is 19.1. The van der Waals surface area contributed by atoms with E-state index >= 15 is 0 Å². The number of hydrogen-bond donors (Lipinski definition) is 1. The van der Waals surface area contributed by atoms with Gasteiger partial charge in [-0.25, -0.2) is 0 Å². The number of piperidine rings is 1. The molecule has 4 heteroatoms. The Bertz CT molecular complexity index is 843. The molecule has 2 aliphatic rings. The van der Waals surface area contributed by atoms with E-state index in [0.717, 1.165) is 62.1 Å². The van der Waals surface area contributed by atoms with E-state index in [2.05, 4.69) is 16.8 Å². The minimum Gasteiger partial charge on any atom is -0.359 e. The van der Waals surface area contributed by atoms with Crippen molar-refractivity contribution in [2.75, 3.05) is 18.4 Å². The number of carbonyl (C=O) groups excluding carboxylic acids is 1. The number of nitrogens with zero attached hydrogens (tertiary/aromatic N) is 1. The SMILES string of the molecule is C=C(Nc1ccccc1)[C@@H]1CCCN(C(=O)C2(c3ccc(Cl)cc3)CCC2)C1. The maximum atomic E-state index is 13.6. The van der Waals surface area contributed by atoms with Gasteiger partial charge >= 0.3 is 0 Å². The molecule has 2 aromatic carbocycles. The van der Waals surface area contributed by atoms with E-state index in [4.69, 9.17) is 11.6 Å². The molecule has 4 rings (SSSR count).